The van der Waals surface area contributed by atoms with Crippen molar-refractivity contribution in [3.63, 3.8) is 0 Å². The lowest BCUT2D eigenvalue weighted by molar-refractivity contribution is 1.64. The van der Waals surface area contributed by atoms with Gasteiger partial charge in [-0.25, -0.2) is 0 Å². The maximum Gasteiger partial charge on any atom is 0.0548 e. The van der Waals surface area contributed by atoms with Crippen molar-refractivity contribution < 1.29 is 0 Å². The Hall–Kier alpha value is -0.870. The quantitative estimate of drug-likeness (QED) is 0.571. The molecule has 0 heterocycles. The molecule has 1 heteroatoms. The van der Waals surface area contributed by atoms with Crippen molar-refractivity contribution in [3.05, 3.63) is 35.9 Å². The van der Waals surface area contributed by atoms with Crippen LogP contribution in [-0.4, -0.2) is 12.0 Å². The Bertz CT molecular complexity index is 253. The van der Waals surface area contributed by atoms with Crippen LogP contribution in [0.2, 0.25) is 0 Å². The summed E-state index contributed by atoms with van der Waals surface area (Å²) in [4.78, 5) is 0. The minimum Gasteiger partial charge on any atom is -0.152 e. The molecule has 0 nitrogen and oxygen atoms in total. The summed E-state index contributed by atoms with van der Waals surface area (Å²) >= 11 is 1.75. The monoisotopic (exact) mass is 162 g/mol. The highest BCUT2D eigenvalue weighted by Crippen LogP contribution is 1.95. The molecule has 0 aromatic heterocycles. The van der Waals surface area contributed by atoms with Gasteiger partial charge in [0.1, 0.15) is 0 Å². The first-order valence-electron chi connectivity index (χ1n) is 3.46. The van der Waals surface area contributed by atoms with Gasteiger partial charge in [0.2, 0.25) is 0 Å². The van der Waals surface area contributed by atoms with Gasteiger partial charge in [-0.3, -0.25) is 0 Å². The summed E-state index contributed by atoms with van der Waals surface area (Å²) < 4.78 is 0. The third-order valence-electron chi connectivity index (χ3n) is 1.22. The zero-order valence-corrected chi connectivity index (χ0v) is 7.32. The average molecular weight is 162 g/mol. The van der Waals surface area contributed by atoms with Crippen molar-refractivity contribution in [3.8, 4) is 11.8 Å². The topological polar surface area (TPSA) is 0 Å². The second-order valence-corrected chi connectivity index (χ2v) is 2.97. The zero-order chi connectivity index (χ0) is 7.94. The van der Waals surface area contributed by atoms with E-state index in [1.54, 1.807) is 11.8 Å². The largest absolute Gasteiger partial charge is 0.152 e. The SMILES string of the molecule is CSCC#Cc1ccccc1. The van der Waals surface area contributed by atoms with E-state index >= 15 is 0 Å². The molecule has 1 aromatic carbocycles. The zero-order valence-electron chi connectivity index (χ0n) is 6.50. The standard InChI is InChI=1S/C10H10S/c1-11-9-5-8-10-6-3-2-4-7-10/h2-4,6-7H,9H2,1H3. The van der Waals surface area contributed by atoms with E-state index in [4.69, 9.17) is 0 Å². The summed E-state index contributed by atoms with van der Waals surface area (Å²) in [6.07, 6.45) is 2.06. The van der Waals surface area contributed by atoms with Gasteiger partial charge in [0.15, 0.2) is 0 Å². The predicted molar refractivity (Wildman–Crippen MR) is 51.7 cm³/mol. The predicted octanol–water partition coefficient (Wildman–Crippen LogP) is 2.40. The molecule has 56 valence electrons. The lowest BCUT2D eigenvalue weighted by Crippen LogP contribution is -1.72. The normalized spacial score (nSPS) is 8.45. The van der Waals surface area contributed by atoms with Gasteiger partial charge in [0.25, 0.3) is 0 Å². The lowest BCUT2D eigenvalue weighted by atomic mass is 10.2. The fourth-order valence-corrected chi connectivity index (χ4v) is 0.948. The highest BCUT2D eigenvalue weighted by molar-refractivity contribution is 7.98. The Balaban J connectivity index is 2.59. The Morgan fingerprint density at radius 3 is 2.64 bits per heavy atom. The fraction of sp³-hybridized carbons (Fsp3) is 0.200. The Morgan fingerprint density at radius 2 is 2.00 bits per heavy atom. The molecule has 0 bridgehead atoms. The Labute approximate surface area is 72.0 Å². The molecule has 0 unspecified atom stereocenters. The van der Waals surface area contributed by atoms with Crippen LogP contribution in [0.4, 0.5) is 0 Å². The number of rotatable bonds is 1. The van der Waals surface area contributed by atoms with Gasteiger partial charge >= 0.3 is 0 Å². The average Bonchev–Trinajstić information content (AvgIpc) is 2.07. The smallest absolute Gasteiger partial charge is 0.0548 e. The van der Waals surface area contributed by atoms with Crippen LogP contribution < -0.4 is 0 Å². The van der Waals surface area contributed by atoms with Crippen molar-refractivity contribution in [2.75, 3.05) is 12.0 Å². The number of benzene rings is 1. The minimum absolute atomic E-state index is 0.912. The van der Waals surface area contributed by atoms with Gasteiger partial charge in [-0.1, -0.05) is 30.0 Å². The second-order valence-electron chi connectivity index (χ2n) is 2.10. The Kier molecular flexibility index (Phi) is 3.64. The highest BCUT2D eigenvalue weighted by Gasteiger charge is 1.79. The summed E-state index contributed by atoms with van der Waals surface area (Å²) in [5.41, 5.74) is 1.10. The third kappa shape index (κ3) is 3.15. The maximum atomic E-state index is 3.07. The molecule has 11 heavy (non-hydrogen) atoms. The molecule has 0 aliphatic carbocycles. The van der Waals surface area contributed by atoms with E-state index in [2.05, 4.69) is 18.1 Å². The molecule has 1 rings (SSSR count). The number of hydrogen-bond donors (Lipinski definition) is 0. The van der Waals surface area contributed by atoms with E-state index < -0.39 is 0 Å². The molecule has 0 aliphatic heterocycles. The van der Waals surface area contributed by atoms with Crippen LogP contribution in [0.5, 0.6) is 0 Å². The molecule has 0 spiro atoms. The van der Waals surface area contributed by atoms with Gasteiger partial charge in [-0.05, 0) is 18.4 Å². The van der Waals surface area contributed by atoms with Crippen LogP contribution in [0.1, 0.15) is 5.56 Å². The van der Waals surface area contributed by atoms with Crippen LogP contribution in [0, 0.1) is 11.8 Å². The molecule has 0 saturated carbocycles. The van der Waals surface area contributed by atoms with Crippen LogP contribution in [0.25, 0.3) is 0 Å². The third-order valence-corrected chi connectivity index (χ3v) is 1.66. The van der Waals surface area contributed by atoms with Crippen molar-refractivity contribution in [1.29, 1.82) is 0 Å². The van der Waals surface area contributed by atoms with E-state index in [-0.39, 0.29) is 0 Å². The highest BCUT2D eigenvalue weighted by atomic mass is 32.2. The van der Waals surface area contributed by atoms with Gasteiger partial charge < -0.3 is 0 Å². The van der Waals surface area contributed by atoms with Crippen LogP contribution >= 0.6 is 11.8 Å². The molecule has 0 amide bonds. The number of hydrogen-bond acceptors (Lipinski definition) is 1. The molecule has 0 saturated heterocycles. The van der Waals surface area contributed by atoms with Crippen molar-refractivity contribution in [2.45, 2.75) is 0 Å². The maximum absolute atomic E-state index is 3.07. The van der Waals surface area contributed by atoms with E-state index in [0.717, 1.165) is 11.3 Å². The molecular formula is C10H10S. The van der Waals surface area contributed by atoms with E-state index in [1.165, 1.54) is 0 Å². The van der Waals surface area contributed by atoms with Crippen molar-refractivity contribution in [1.82, 2.24) is 0 Å². The molecular weight excluding hydrogens is 152 g/mol. The minimum atomic E-state index is 0.912. The van der Waals surface area contributed by atoms with E-state index in [1.807, 2.05) is 30.3 Å². The van der Waals surface area contributed by atoms with Gasteiger partial charge in [0.05, 0.1) is 5.75 Å². The summed E-state index contributed by atoms with van der Waals surface area (Å²) in [6.45, 7) is 0. The first-order chi connectivity index (χ1) is 5.43. The van der Waals surface area contributed by atoms with Gasteiger partial charge in [-0.2, -0.15) is 11.8 Å². The summed E-state index contributed by atoms with van der Waals surface area (Å²) in [5.74, 6) is 7.05. The second kappa shape index (κ2) is 4.87. The molecule has 0 radical (unpaired) electrons. The molecule has 0 atom stereocenters. The van der Waals surface area contributed by atoms with E-state index in [9.17, 15) is 0 Å². The van der Waals surface area contributed by atoms with Crippen molar-refractivity contribution in [2.24, 2.45) is 0 Å². The number of thioether (sulfide) groups is 1. The van der Waals surface area contributed by atoms with E-state index in [0.29, 0.717) is 0 Å². The first kappa shape index (κ1) is 8.23. The van der Waals surface area contributed by atoms with Crippen LogP contribution in [0.15, 0.2) is 30.3 Å². The Morgan fingerprint density at radius 1 is 1.27 bits per heavy atom. The first-order valence-corrected chi connectivity index (χ1v) is 4.86. The summed E-state index contributed by atoms with van der Waals surface area (Å²) in [5, 5.41) is 0. The van der Waals surface area contributed by atoms with Crippen molar-refractivity contribution >= 4 is 11.8 Å². The van der Waals surface area contributed by atoms with Crippen LogP contribution in [-0.2, 0) is 0 Å². The fourth-order valence-electron chi connectivity index (χ4n) is 0.732. The van der Waals surface area contributed by atoms with Gasteiger partial charge in [-0.15, -0.1) is 0 Å². The lowest BCUT2D eigenvalue weighted by Gasteiger charge is -1.85. The molecule has 0 aliphatic rings. The summed E-state index contributed by atoms with van der Waals surface area (Å²) in [7, 11) is 0. The molecule has 1 aromatic rings. The summed E-state index contributed by atoms with van der Waals surface area (Å²) in [6, 6.07) is 10.0. The molecule has 0 fully saturated rings. The molecule has 0 N–H and O–H groups in total. The van der Waals surface area contributed by atoms with Gasteiger partial charge in [0, 0.05) is 5.56 Å². The van der Waals surface area contributed by atoms with Crippen LogP contribution in [0.3, 0.4) is 0 Å².